The highest BCUT2D eigenvalue weighted by atomic mass is 16.3. The zero-order valence-corrected chi connectivity index (χ0v) is 17.2. The first-order chi connectivity index (χ1) is 12.3. The highest BCUT2D eigenvalue weighted by molar-refractivity contribution is 4.72. The molecule has 0 aromatic rings. The van der Waals surface area contributed by atoms with Crippen LogP contribution in [-0.2, 0) is 0 Å². The lowest BCUT2D eigenvalue weighted by molar-refractivity contribution is 0.220. The van der Waals surface area contributed by atoms with Crippen molar-refractivity contribution >= 4 is 0 Å². The Morgan fingerprint density at radius 2 is 1.00 bits per heavy atom. The molecule has 0 aliphatic rings. The molecule has 0 aliphatic heterocycles. The van der Waals surface area contributed by atoms with Gasteiger partial charge in [-0.3, -0.25) is 0 Å². The Bertz CT molecular complexity index is 248. The van der Waals surface area contributed by atoms with Crippen LogP contribution in [0, 0.1) is 5.92 Å². The summed E-state index contributed by atoms with van der Waals surface area (Å²) in [6.07, 6.45) is 23.4. The summed E-state index contributed by atoms with van der Waals surface area (Å²) in [6.45, 7) is 2.94. The van der Waals surface area contributed by atoms with Gasteiger partial charge in [-0.15, -0.1) is 0 Å². The predicted octanol–water partition coefficient (Wildman–Crippen LogP) is 5.53. The molecule has 0 aliphatic carbocycles. The summed E-state index contributed by atoms with van der Waals surface area (Å²) in [5, 5.41) is 9.09. The van der Waals surface area contributed by atoms with Crippen LogP contribution in [0.1, 0.15) is 116 Å². The lowest BCUT2D eigenvalue weighted by Crippen LogP contribution is -2.37. The van der Waals surface area contributed by atoms with Crippen molar-refractivity contribution in [1.82, 2.24) is 0 Å². The normalized spacial score (nSPS) is 13.9. The molecule has 2 unspecified atom stereocenters. The molecule has 0 fully saturated rings. The number of rotatable bonds is 20. The van der Waals surface area contributed by atoms with Crippen molar-refractivity contribution in [2.24, 2.45) is 17.4 Å². The maximum absolute atomic E-state index is 9.09. The van der Waals surface area contributed by atoms with Crippen molar-refractivity contribution < 1.29 is 5.11 Å². The molecule has 2 atom stereocenters. The fourth-order valence-corrected chi connectivity index (χ4v) is 3.61. The molecule has 3 heteroatoms. The van der Waals surface area contributed by atoms with Gasteiger partial charge in [-0.05, 0) is 18.9 Å². The molecular formula is C22H48N2O. The molecule has 0 rings (SSSR count). The van der Waals surface area contributed by atoms with E-state index in [1.807, 2.05) is 0 Å². The van der Waals surface area contributed by atoms with Gasteiger partial charge in [0, 0.05) is 6.04 Å². The number of unbranched alkanes of at least 4 members (excludes halogenated alkanes) is 15. The van der Waals surface area contributed by atoms with Crippen LogP contribution in [0.25, 0.3) is 0 Å². The van der Waals surface area contributed by atoms with Gasteiger partial charge in [0.05, 0.1) is 6.61 Å². The van der Waals surface area contributed by atoms with Crippen molar-refractivity contribution in [3.8, 4) is 0 Å². The van der Waals surface area contributed by atoms with Gasteiger partial charge in [0.2, 0.25) is 0 Å². The molecule has 3 nitrogen and oxygen atoms in total. The van der Waals surface area contributed by atoms with Crippen molar-refractivity contribution in [2.45, 2.75) is 122 Å². The Morgan fingerprint density at radius 3 is 1.32 bits per heavy atom. The van der Waals surface area contributed by atoms with Gasteiger partial charge in [0.15, 0.2) is 0 Å². The first-order valence-electron chi connectivity index (χ1n) is 11.3. The van der Waals surface area contributed by atoms with Gasteiger partial charge in [-0.2, -0.15) is 0 Å². The summed E-state index contributed by atoms with van der Waals surface area (Å²) in [5.41, 5.74) is 11.6. The van der Waals surface area contributed by atoms with E-state index in [-0.39, 0.29) is 18.6 Å². The zero-order chi connectivity index (χ0) is 18.6. The largest absolute Gasteiger partial charge is 0.395 e. The Balaban J connectivity index is 3.16. The molecule has 0 amide bonds. The predicted molar refractivity (Wildman–Crippen MR) is 112 cm³/mol. The SMILES string of the molecule is CCCCCCCCCCCCCCCCCCC(CN)C(N)CO. The third kappa shape index (κ3) is 17.1. The molecule has 0 aromatic heterocycles. The minimum absolute atomic E-state index is 0.0563. The lowest BCUT2D eigenvalue weighted by atomic mass is 9.94. The van der Waals surface area contributed by atoms with E-state index in [0.717, 1.165) is 6.42 Å². The van der Waals surface area contributed by atoms with Gasteiger partial charge in [0.1, 0.15) is 0 Å². The third-order valence-electron chi connectivity index (χ3n) is 5.55. The molecule has 25 heavy (non-hydrogen) atoms. The summed E-state index contributed by atoms with van der Waals surface area (Å²) < 4.78 is 0. The summed E-state index contributed by atoms with van der Waals surface area (Å²) in [5.74, 6) is 0.289. The van der Waals surface area contributed by atoms with Crippen molar-refractivity contribution in [3.63, 3.8) is 0 Å². The Kier molecular flexibility index (Phi) is 20.1. The van der Waals surface area contributed by atoms with Crippen LogP contribution in [0.5, 0.6) is 0 Å². The van der Waals surface area contributed by atoms with Crippen LogP contribution in [0.15, 0.2) is 0 Å². The summed E-state index contributed by atoms with van der Waals surface area (Å²) in [7, 11) is 0. The van der Waals surface area contributed by atoms with Crippen LogP contribution in [-0.4, -0.2) is 24.3 Å². The van der Waals surface area contributed by atoms with Crippen LogP contribution in [0.3, 0.4) is 0 Å². The number of hydrogen-bond donors (Lipinski definition) is 3. The van der Waals surface area contributed by atoms with Gasteiger partial charge < -0.3 is 16.6 Å². The molecule has 0 aromatic carbocycles. The molecule has 0 bridgehead atoms. The maximum Gasteiger partial charge on any atom is 0.0585 e. The van der Waals surface area contributed by atoms with E-state index in [4.69, 9.17) is 16.6 Å². The summed E-state index contributed by atoms with van der Waals surface area (Å²) in [6, 6.07) is -0.138. The molecule has 0 radical (unpaired) electrons. The molecule has 0 saturated carbocycles. The number of aliphatic hydroxyl groups excluding tert-OH is 1. The quantitative estimate of drug-likeness (QED) is 0.251. The van der Waals surface area contributed by atoms with Gasteiger partial charge in [-0.1, -0.05) is 110 Å². The minimum Gasteiger partial charge on any atom is -0.395 e. The molecule has 5 N–H and O–H groups in total. The van der Waals surface area contributed by atoms with E-state index < -0.39 is 0 Å². The number of nitrogens with two attached hydrogens (primary N) is 2. The summed E-state index contributed by atoms with van der Waals surface area (Å²) >= 11 is 0. The van der Waals surface area contributed by atoms with E-state index in [2.05, 4.69) is 6.92 Å². The van der Waals surface area contributed by atoms with Crippen LogP contribution < -0.4 is 11.5 Å². The van der Waals surface area contributed by atoms with Gasteiger partial charge in [-0.25, -0.2) is 0 Å². The highest BCUT2D eigenvalue weighted by Crippen LogP contribution is 2.16. The van der Waals surface area contributed by atoms with Crippen molar-refractivity contribution in [1.29, 1.82) is 0 Å². The van der Waals surface area contributed by atoms with E-state index in [1.165, 1.54) is 103 Å². The topological polar surface area (TPSA) is 72.3 Å². The number of hydrogen-bond acceptors (Lipinski definition) is 3. The lowest BCUT2D eigenvalue weighted by Gasteiger charge is -2.20. The fourth-order valence-electron chi connectivity index (χ4n) is 3.61. The fraction of sp³-hybridized carbons (Fsp3) is 1.00. The van der Waals surface area contributed by atoms with Gasteiger partial charge >= 0.3 is 0 Å². The van der Waals surface area contributed by atoms with E-state index >= 15 is 0 Å². The standard InChI is InChI=1S/C22H48N2O/c1-2-3-4-5-6-7-8-9-10-11-12-13-14-15-16-17-18-21(19-23)22(24)20-25/h21-22,25H,2-20,23-24H2,1H3. The second kappa shape index (κ2) is 20.2. The average Bonchev–Trinajstić information content (AvgIpc) is 2.64. The van der Waals surface area contributed by atoms with Crippen LogP contribution in [0.4, 0.5) is 0 Å². The van der Waals surface area contributed by atoms with Crippen molar-refractivity contribution in [3.05, 3.63) is 0 Å². The molecule has 0 heterocycles. The Morgan fingerprint density at radius 1 is 0.640 bits per heavy atom. The first-order valence-corrected chi connectivity index (χ1v) is 11.3. The molecule has 0 spiro atoms. The van der Waals surface area contributed by atoms with E-state index in [0.29, 0.717) is 6.54 Å². The second-order valence-corrected chi connectivity index (χ2v) is 7.93. The van der Waals surface area contributed by atoms with Crippen LogP contribution >= 0.6 is 0 Å². The van der Waals surface area contributed by atoms with Gasteiger partial charge in [0.25, 0.3) is 0 Å². The van der Waals surface area contributed by atoms with E-state index in [1.54, 1.807) is 0 Å². The zero-order valence-electron chi connectivity index (χ0n) is 17.2. The van der Waals surface area contributed by atoms with Crippen LogP contribution in [0.2, 0.25) is 0 Å². The first kappa shape index (κ1) is 24.9. The third-order valence-corrected chi connectivity index (χ3v) is 5.55. The Hall–Kier alpha value is -0.120. The number of aliphatic hydroxyl groups is 1. The average molecular weight is 357 g/mol. The smallest absolute Gasteiger partial charge is 0.0585 e. The highest BCUT2D eigenvalue weighted by Gasteiger charge is 2.14. The Labute approximate surface area is 158 Å². The molecule has 152 valence electrons. The van der Waals surface area contributed by atoms with E-state index in [9.17, 15) is 0 Å². The van der Waals surface area contributed by atoms with Crippen molar-refractivity contribution in [2.75, 3.05) is 13.2 Å². The monoisotopic (exact) mass is 356 g/mol. The molecular weight excluding hydrogens is 308 g/mol. The maximum atomic E-state index is 9.09. The summed E-state index contributed by atoms with van der Waals surface area (Å²) in [4.78, 5) is 0. The second-order valence-electron chi connectivity index (χ2n) is 7.93. The minimum atomic E-state index is -0.138. The molecule has 0 saturated heterocycles.